The largest absolute Gasteiger partial charge is 0.369 e. The summed E-state index contributed by atoms with van der Waals surface area (Å²) in [5, 5.41) is 0. The normalized spacial score (nSPS) is 20.8. The van der Waals surface area contributed by atoms with Crippen molar-refractivity contribution in [3.8, 4) is 0 Å². The molecule has 4 heteroatoms. The minimum Gasteiger partial charge on any atom is -0.369 e. The van der Waals surface area contributed by atoms with Gasteiger partial charge in [-0.3, -0.25) is 0 Å². The summed E-state index contributed by atoms with van der Waals surface area (Å²) in [4.78, 5) is 2.46. The van der Waals surface area contributed by atoms with Crippen LogP contribution < -0.4 is 10.6 Å². The van der Waals surface area contributed by atoms with Crippen LogP contribution in [0.3, 0.4) is 0 Å². The van der Waals surface area contributed by atoms with Gasteiger partial charge in [0.15, 0.2) is 0 Å². The highest BCUT2D eigenvalue weighted by Crippen LogP contribution is 2.34. The Hall–Kier alpha value is -0.190. The molecule has 0 aromatic heterocycles. The summed E-state index contributed by atoms with van der Waals surface area (Å²) < 4.78 is 1.45. The van der Waals surface area contributed by atoms with Crippen LogP contribution in [0.5, 0.6) is 0 Å². The number of nitrogens with two attached hydrogens (primary N) is 1. The van der Waals surface area contributed by atoms with Crippen molar-refractivity contribution in [3.63, 3.8) is 0 Å². The zero-order valence-electron chi connectivity index (χ0n) is 11.2. The number of rotatable bonds is 2. The molecule has 0 aliphatic carbocycles. The maximum atomic E-state index is 5.94. The first-order valence-electron chi connectivity index (χ1n) is 6.33. The van der Waals surface area contributed by atoms with Crippen molar-refractivity contribution in [1.29, 1.82) is 0 Å². The first kappa shape index (κ1) is 14.2. The number of anilines is 1. The second-order valence-corrected chi connectivity index (χ2v) is 8.18. The van der Waals surface area contributed by atoms with Crippen molar-refractivity contribution in [2.24, 2.45) is 5.73 Å². The molecule has 1 aromatic carbocycles. The van der Waals surface area contributed by atoms with Gasteiger partial charge in [0.05, 0.1) is 0 Å². The number of nitrogens with zero attached hydrogens (tertiary/aromatic N) is 1. The molecule has 1 fully saturated rings. The number of thioether (sulfide) groups is 1. The summed E-state index contributed by atoms with van der Waals surface area (Å²) in [6.45, 7) is 8.87. The lowest BCUT2D eigenvalue weighted by atomic mass is 10.1. The Balaban J connectivity index is 2.21. The second kappa shape index (κ2) is 5.43. The summed E-state index contributed by atoms with van der Waals surface area (Å²) in [5.74, 6) is 1.19. The first-order chi connectivity index (χ1) is 8.39. The molecule has 18 heavy (non-hydrogen) atoms. The molecule has 100 valence electrons. The minimum absolute atomic E-state index is 0.0711. The second-order valence-electron chi connectivity index (χ2n) is 5.52. The molecular weight excluding hydrogens is 308 g/mol. The van der Waals surface area contributed by atoms with E-state index in [0.717, 1.165) is 17.6 Å². The molecule has 1 saturated heterocycles. The fourth-order valence-electron chi connectivity index (χ4n) is 2.32. The average Bonchev–Trinajstić information content (AvgIpc) is 2.27. The predicted octanol–water partition coefficient (Wildman–Crippen LogP) is 3.80. The highest BCUT2D eigenvalue weighted by molar-refractivity contribution is 9.10. The van der Waals surface area contributed by atoms with E-state index in [9.17, 15) is 0 Å². The van der Waals surface area contributed by atoms with Crippen LogP contribution in [-0.4, -0.2) is 23.6 Å². The van der Waals surface area contributed by atoms with Gasteiger partial charge in [0.1, 0.15) is 0 Å². The van der Waals surface area contributed by atoms with Gasteiger partial charge in [-0.25, -0.2) is 0 Å². The Morgan fingerprint density at radius 1 is 1.44 bits per heavy atom. The Kier molecular flexibility index (Phi) is 4.29. The summed E-state index contributed by atoms with van der Waals surface area (Å²) in [6, 6.07) is 6.60. The van der Waals surface area contributed by atoms with Crippen LogP contribution in [0.1, 0.15) is 32.4 Å². The van der Waals surface area contributed by atoms with Crippen LogP contribution >= 0.6 is 27.7 Å². The lowest BCUT2D eigenvalue weighted by molar-refractivity contribution is 0.647. The molecule has 0 spiro atoms. The zero-order valence-corrected chi connectivity index (χ0v) is 13.6. The smallest absolute Gasteiger partial charge is 0.0378 e. The average molecular weight is 329 g/mol. The van der Waals surface area contributed by atoms with Gasteiger partial charge in [0.2, 0.25) is 0 Å². The fraction of sp³-hybridized carbons (Fsp3) is 0.571. The van der Waals surface area contributed by atoms with Crippen LogP contribution in [0.4, 0.5) is 5.69 Å². The van der Waals surface area contributed by atoms with Gasteiger partial charge < -0.3 is 10.6 Å². The molecule has 0 unspecified atom stereocenters. The third kappa shape index (κ3) is 3.22. The Labute approximate surface area is 122 Å². The molecule has 0 bridgehead atoms. The van der Waals surface area contributed by atoms with Gasteiger partial charge in [-0.2, -0.15) is 11.8 Å². The molecule has 1 heterocycles. The molecule has 2 nitrogen and oxygen atoms in total. The van der Waals surface area contributed by atoms with E-state index < -0.39 is 0 Å². The van der Waals surface area contributed by atoms with E-state index in [2.05, 4.69) is 64.6 Å². The van der Waals surface area contributed by atoms with E-state index in [-0.39, 0.29) is 6.04 Å². The van der Waals surface area contributed by atoms with Gasteiger partial charge in [-0.15, -0.1) is 0 Å². The van der Waals surface area contributed by atoms with Gasteiger partial charge >= 0.3 is 0 Å². The summed E-state index contributed by atoms with van der Waals surface area (Å²) >= 11 is 5.69. The van der Waals surface area contributed by atoms with Crippen LogP contribution in [0, 0.1) is 0 Å². The van der Waals surface area contributed by atoms with Crippen molar-refractivity contribution in [1.82, 2.24) is 0 Å². The fourth-order valence-corrected chi connectivity index (χ4v) is 4.16. The van der Waals surface area contributed by atoms with Crippen molar-refractivity contribution >= 4 is 33.4 Å². The van der Waals surface area contributed by atoms with Crippen molar-refractivity contribution in [3.05, 3.63) is 28.2 Å². The van der Waals surface area contributed by atoms with Gasteiger partial charge in [-0.1, -0.05) is 22.0 Å². The Bertz CT molecular complexity index is 432. The van der Waals surface area contributed by atoms with Crippen molar-refractivity contribution < 1.29 is 0 Å². The quantitative estimate of drug-likeness (QED) is 0.895. The lowest BCUT2D eigenvalue weighted by Gasteiger charge is -2.39. The van der Waals surface area contributed by atoms with E-state index in [1.54, 1.807) is 0 Å². The van der Waals surface area contributed by atoms with E-state index in [4.69, 9.17) is 5.73 Å². The van der Waals surface area contributed by atoms with Gasteiger partial charge in [-0.05, 0) is 38.5 Å². The highest BCUT2D eigenvalue weighted by Gasteiger charge is 2.27. The molecular formula is C14H21BrN2S. The third-order valence-electron chi connectivity index (χ3n) is 3.27. The molecule has 0 amide bonds. The number of benzene rings is 1. The third-order valence-corrected chi connectivity index (χ3v) is 5.25. The standard InChI is InChI=1S/C14H21BrN2S/c1-10(16)12-5-4-11(8-13(12)15)17-6-7-18-14(2,3)9-17/h4-5,8,10H,6-7,9,16H2,1-3H3/t10-/m0/s1. The van der Waals surface area contributed by atoms with Crippen molar-refractivity contribution in [2.45, 2.75) is 31.6 Å². The summed E-state index contributed by atoms with van der Waals surface area (Å²) in [6.07, 6.45) is 0. The SMILES string of the molecule is C[C@H](N)c1ccc(N2CCSC(C)(C)C2)cc1Br. The highest BCUT2D eigenvalue weighted by atomic mass is 79.9. The van der Waals surface area contributed by atoms with E-state index >= 15 is 0 Å². The van der Waals surface area contributed by atoms with Crippen molar-refractivity contribution in [2.75, 3.05) is 23.7 Å². The Morgan fingerprint density at radius 2 is 2.17 bits per heavy atom. The first-order valence-corrected chi connectivity index (χ1v) is 8.11. The van der Waals surface area contributed by atoms with Gasteiger partial charge in [0, 0.05) is 39.8 Å². The number of hydrogen-bond donors (Lipinski definition) is 1. The summed E-state index contributed by atoms with van der Waals surface area (Å²) in [5.41, 5.74) is 8.40. The topological polar surface area (TPSA) is 29.3 Å². The van der Waals surface area contributed by atoms with E-state index in [1.807, 2.05) is 6.92 Å². The number of hydrogen-bond acceptors (Lipinski definition) is 3. The van der Waals surface area contributed by atoms with Crippen LogP contribution in [0.2, 0.25) is 0 Å². The predicted molar refractivity (Wildman–Crippen MR) is 85.5 cm³/mol. The monoisotopic (exact) mass is 328 g/mol. The molecule has 2 N–H and O–H groups in total. The molecule has 0 radical (unpaired) electrons. The van der Waals surface area contributed by atoms with Crippen LogP contribution in [0.15, 0.2) is 22.7 Å². The molecule has 2 rings (SSSR count). The molecule has 1 aliphatic rings. The maximum Gasteiger partial charge on any atom is 0.0378 e. The molecule has 0 saturated carbocycles. The number of halogens is 1. The molecule has 1 aliphatic heterocycles. The van der Waals surface area contributed by atoms with Crippen LogP contribution in [0.25, 0.3) is 0 Å². The maximum absolute atomic E-state index is 5.94. The lowest BCUT2D eigenvalue weighted by Crippen LogP contribution is -2.43. The Morgan fingerprint density at radius 3 is 2.72 bits per heavy atom. The molecule has 1 aromatic rings. The van der Waals surface area contributed by atoms with Gasteiger partial charge in [0.25, 0.3) is 0 Å². The van der Waals surface area contributed by atoms with E-state index in [1.165, 1.54) is 17.0 Å². The van der Waals surface area contributed by atoms with Crippen LogP contribution in [-0.2, 0) is 0 Å². The summed E-state index contributed by atoms with van der Waals surface area (Å²) in [7, 11) is 0. The zero-order chi connectivity index (χ0) is 13.3. The minimum atomic E-state index is 0.0711. The molecule has 1 atom stereocenters. The van der Waals surface area contributed by atoms with E-state index in [0.29, 0.717) is 4.75 Å².